The van der Waals surface area contributed by atoms with E-state index in [1.54, 1.807) is 24.3 Å². The van der Waals surface area contributed by atoms with Crippen LogP contribution in [0.1, 0.15) is 41.9 Å². The molecule has 0 saturated heterocycles. The average molecular weight is 384 g/mol. The smallest absolute Gasteiger partial charge is 0.273 e. The maximum Gasteiger partial charge on any atom is 0.273 e. The van der Waals surface area contributed by atoms with Crippen LogP contribution in [0.5, 0.6) is 5.75 Å². The topological polar surface area (TPSA) is 90.4 Å². The van der Waals surface area contributed by atoms with E-state index in [4.69, 9.17) is 38.2 Å². The SMILES string of the molecule is NC1CCC(NC(=O)c2cc(COc3c(Cl)cccc3Cl)on2)CC1. The Morgan fingerprint density at radius 3 is 2.64 bits per heavy atom. The molecule has 0 unspecified atom stereocenters. The molecule has 0 radical (unpaired) electrons. The van der Waals surface area contributed by atoms with Gasteiger partial charge in [-0.25, -0.2) is 0 Å². The summed E-state index contributed by atoms with van der Waals surface area (Å²) in [6.07, 6.45) is 3.60. The molecular weight excluding hydrogens is 365 g/mol. The van der Waals surface area contributed by atoms with E-state index < -0.39 is 0 Å². The van der Waals surface area contributed by atoms with Crippen molar-refractivity contribution in [1.82, 2.24) is 10.5 Å². The number of hydrogen-bond donors (Lipinski definition) is 2. The maximum atomic E-state index is 12.2. The van der Waals surface area contributed by atoms with Crippen molar-refractivity contribution in [2.75, 3.05) is 0 Å². The molecule has 1 aliphatic carbocycles. The number of rotatable bonds is 5. The molecule has 6 nitrogen and oxygen atoms in total. The molecule has 1 aliphatic rings. The lowest BCUT2D eigenvalue weighted by Crippen LogP contribution is -2.40. The van der Waals surface area contributed by atoms with Gasteiger partial charge in [0.15, 0.2) is 17.2 Å². The highest BCUT2D eigenvalue weighted by Crippen LogP contribution is 2.32. The van der Waals surface area contributed by atoms with Gasteiger partial charge in [0.1, 0.15) is 6.61 Å². The first-order valence-corrected chi connectivity index (χ1v) is 8.87. The number of carbonyl (C=O) groups is 1. The third kappa shape index (κ3) is 4.66. The number of amides is 1. The summed E-state index contributed by atoms with van der Waals surface area (Å²) >= 11 is 12.1. The van der Waals surface area contributed by atoms with Gasteiger partial charge in [-0.15, -0.1) is 0 Å². The highest BCUT2D eigenvalue weighted by atomic mass is 35.5. The van der Waals surface area contributed by atoms with Crippen molar-refractivity contribution < 1.29 is 14.1 Å². The standard InChI is InChI=1S/C17H19Cl2N3O3/c18-13-2-1-3-14(19)16(13)24-9-12-8-15(22-25-12)17(23)21-11-6-4-10(20)5-7-11/h1-3,8,10-11H,4-7,9,20H2,(H,21,23). The van der Waals surface area contributed by atoms with Gasteiger partial charge in [0.05, 0.1) is 10.0 Å². The lowest BCUT2D eigenvalue weighted by Gasteiger charge is -2.26. The van der Waals surface area contributed by atoms with Crippen molar-refractivity contribution >= 4 is 29.1 Å². The van der Waals surface area contributed by atoms with E-state index in [9.17, 15) is 4.79 Å². The molecule has 3 N–H and O–H groups in total. The van der Waals surface area contributed by atoms with E-state index in [1.165, 1.54) is 0 Å². The molecule has 1 fully saturated rings. The number of carbonyl (C=O) groups excluding carboxylic acids is 1. The van der Waals surface area contributed by atoms with Crippen LogP contribution in [0, 0.1) is 0 Å². The molecule has 8 heteroatoms. The summed E-state index contributed by atoms with van der Waals surface area (Å²) in [4.78, 5) is 12.2. The van der Waals surface area contributed by atoms with Crippen LogP contribution in [0.2, 0.25) is 10.0 Å². The highest BCUT2D eigenvalue weighted by Gasteiger charge is 2.22. The Morgan fingerprint density at radius 1 is 1.28 bits per heavy atom. The summed E-state index contributed by atoms with van der Waals surface area (Å²) in [5.41, 5.74) is 6.09. The van der Waals surface area contributed by atoms with Crippen LogP contribution in [0.3, 0.4) is 0 Å². The number of halogens is 2. The molecule has 0 aliphatic heterocycles. The van der Waals surface area contributed by atoms with Gasteiger partial charge in [0.2, 0.25) is 0 Å². The van der Waals surface area contributed by atoms with Gasteiger partial charge in [-0.05, 0) is 37.8 Å². The first-order chi connectivity index (χ1) is 12.0. The van der Waals surface area contributed by atoms with Crippen LogP contribution in [0.4, 0.5) is 0 Å². The minimum Gasteiger partial charge on any atom is -0.482 e. The number of nitrogens with two attached hydrogens (primary N) is 1. The van der Waals surface area contributed by atoms with Crippen LogP contribution in [0.15, 0.2) is 28.8 Å². The Labute approximate surface area is 155 Å². The fourth-order valence-electron chi connectivity index (χ4n) is 2.77. The second-order valence-corrected chi connectivity index (χ2v) is 6.92. The first-order valence-electron chi connectivity index (χ1n) is 8.12. The number of hydrogen-bond acceptors (Lipinski definition) is 5. The van der Waals surface area contributed by atoms with Gasteiger partial charge in [-0.2, -0.15) is 0 Å². The quantitative estimate of drug-likeness (QED) is 0.823. The highest BCUT2D eigenvalue weighted by molar-refractivity contribution is 6.37. The van der Waals surface area contributed by atoms with E-state index in [1.807, 2.05) is 0 Å². The summed E-state index contributed by atoms with van der Waals surface area (Å²) in [5.74, 6) is 0.518. The fourth-order valence-corrected chi connectivity index (χ4v) is 3.28. The third-order valence-corrected chi connectivity index (χ3v) is 4.77. The molecule has 25 heavy (non-hydrogen) atoms. The van der Waals surface area contributed by atoms with Crippen LogP contribution >= 0.6 is 23.2 Å². The molecule has 3 rings (SSSR count). The van der Waals surface area contributed by atoms with E-state index in [2.05, 4.69) is 10.5 Å². The van der Waals surface area contributed by atoms with E-state index in [-0.39, 0.29) is 30.3 Å². The summed E-state index contributed by atoms with van der Waals surface area (Å²) in [6, 6.07) is 7.00. The van der Waals surface area contributed by atoms with Crippen LogP contribution < -0.4 is 15.8 Å². The molecular formula is C17H19Cl2N3O3. The molecule has 134 valence electrons. The van der Waals surface area contributed by atoms with Crippen molar-refractivity contribution in [2.24, 2.45) is 5.73 Å². The Hall–Kier alpha value is -1.76. The fraction of sp³-hybridized carbons (Fsp3) is 0.412. The van der Waals surface area contributed by atoms with Gasteiger partial charge in [0.25, 0.3) is 5.91 Å². The molecule has 1 aromatic heterocycles. The number of benzene rings is 1. The van der Waals surface area contributed by atoms with E-state index in [0.717, 1.165) is 25.7 Å². The summed E-state index contributed by atoms with van der Waals surface area (Å²) in [7, 11) is 0. The lowest BCUT2D eigenvalue weighted by molar-refractivity contribution is 0.0916. The van der Waals surface area contributed by atoms with Crippen molar-refractivity contribution in [2.45, 2.75) is 44.4 Å². The predicted molar refractivity (Wildman–Crippen MR) is 95.0 cm³/mol. The van der Waals surface area contributed by atoms with Gasteiger partial charge in [-0.3, -0.25) is 4.79 Å². The second kappa shape index (κ2) is 8.08. The van der Waals surface area contributed by atoms with Gasteiger partial charge < -0.3 is 20.3 Å². The molecule has 1 aromatic carbocycles. The largest absolute Gasteiger partial charge is 0.482 e. The zero-order valence-corrected chi connectivity index (χ0v) is 15.0. The van der Waals surface area contributed by atoms with Crippen LogP contribution in [0.25, 0.3) is 0 Å². The van der Waals surface area contributed by atoms with Crippen LogP contribution in [-0.2, 0) is 6.61 Å². The zero-order chi connectivity index (χ0) is 17.8. The number of ether oxygens (including phenoxy) is 1. The number of nitrogens with zero attached hydrogens (tertiary/aromatic N) is 1. The Kier molecular flexibility index (Phi) is 5.83. The Bertz CT molecular complexity index is 722. The third-order valence-electron chi connectivity index (χ3n) is 4.18. The maximum absolute atomic E-state index is 12.2. The zero-order valence-electron chi connectivity index (χ0n) is 13.5. The van der Waals surface area contributed by atoms with E-state index in [0.29, 0.717) is 21.6 Å². The predicted octanol–water partition coefficient (Wildman–Crippen LogP) is 3.56. The van der Waals surface area contributed by atoms with Crippen LogP contribution in [-0.4, -0.2) is 23.1 Å². The minimum atomic E-state index is -0.258. The normalized spacial score (nSPS) is 20.3. The Morgan fingerprint density at radius 2 is 1.96 bits per heavy atom. The summed E-state index contributed by atoms with van der Waals surface area (Å²) in [6.45, 7) is 0.0714. The summed E-state index contributed by atoms with van der Waals surface area (Å²) in [5, 5.41) is 7.56. The Balaban J connectivity index is 1.56. The monoisotopic (exact) mass is 383 g/mol. The molecule has 1 heterocycles. The van der Waals surface area contributed by atoms with Crippen molar-refractivity contribution in [3.63, 3.8) is 0 Å². The van der Waals surface area contributed by atoms with Gasteiger partial charge >= 0.3 is 0 Å². The average Bonchev–Trinajstić information content (AvgIpc) is 3.06. The van der Waals surface area contributed by atoms with Crippen molar-refractivity contribution in [3.8, 4) is 5.75 Å². The lowest BCUT2D eigenvalue weighted by atomic mass is 9.92. The molecule has 0 bridgehead atoms. The molecule has 2 aromatic rings. The van der Waals surface area contributed by atoms with E-state index >= 15 is 0 Å². The second-order valence-electron chi connectivity index (χ2n) is 6.10. The van der Waals surface area contributed by atoms with Gasteiger partial charge in [0, 0.05) is 18.2 Å². The molecule has 0 spiro atoms. The summed E-state index contributed by atoms with van der Waals surface area (Å²) < 4.78 is 10.7. The number of nitrogens with one attached hydrogen (secondary N) is 1. The molecule has 1 saturated carbocycles. The number of aromatic nitrogens is 1. The molecule has 0 atom stereocenters. The number of para-hydroxylation sites is 1. The van der Waals surface area contributed by atoms with Gasteiger partial charge in [-0.1, -0.05) is 34.4 Å². The minimum absolute atomic E-state index is 0.0714. The first kappa shape index (κ1) is 18.0. The van der Waals surface area contributed by atoms with Crippen molar-refractivity contribution in [1.29, 1.82) is 0 Å². The van der Waals surface area contributed by atoms with Crippen molar-refractivity contribution in [3.05, 3.63) is 45.8 Å². The molecule has 1 amide bonds.